The average Bonchev–Trinajstić information content (AvgIpc) is 2.94. The van der Waals surface area contributed by atoms with Crippen molar-refractivity contribution in [2.75, 3.05) is 6.61 Å². The van der Waals surface area contributed by atoms with E-state index >= 15 is 0 Å². The first-order valence-electron chi connectivity index (χ1n) is 6.17. The molecule has 1 aromatic heterocycles. The average molecular weight is 228 g/mol. The molecule has 0 aliphatic carbocycles. The smallest absolute Gasteiger partial charge is 0.0980 e. The van der Waals surface area contributed by atoms with Gasteiger partial charge in [0.25, 0.3) is 0 Å². The Hall–Kier alpha value is -1.54. The second kappa shape index (κ2) is 4.76. The van der Waals surface area contributed by atoms with Gasteiger partial charge in [-0.3, -0.25) is 0 Å². The lowest BCUT2D eigenvalue weighted by molar-refractivity contribution is 0.0150. The van der Waals surface area contributed by atoms with E-state index in [1.165, 1.54) is 24.0 Å². The third-order valence-corrected chi connectivity index (χ3v) is 3.32. The third kappa shape index (κ3) is 2.27. The van der Waals surface area contributed by atoms with Crippen LogP contribution in [0, 0.1) is 0 Å². The van der Waals surface area contributed by atoms with Gasteiger partial charge in [0, 0.05) is 12.2 Å². The minimum Gasteiger partial charge on any atom is -0.472 e. The molecule has 0 spiro atoms. The zero-order chi connectivity index (χ0) is 11.5. The molecule has 1 saturated heterocycles. The number of hydrogen-bond donors (Lipinski definition) is 0. The summed E-state index contributed by atoms with van der Waals surface area (Å²) in [6.07, 6.45) is 7.38. The summed E-state index contributed by atoms with van der Waals surface area (Å²) in [5.74, 6) is 0. The van der Waals surface area contributed by atoms with E-state index in [1.807, 2.05) is 6.07 Å². The summed E-state index contributed by atoms with van der Waals surface area (Å²) in [6, 6.07) is 10.6. The van der Waals surface area contributed by atoms with Gasteiger partial charge in [-0.25, -0.2) is 0 Å². The highest BCUT2D eigenvalue weighted by Crippen LogP contribution is 2.29. The van der Waals surface area contributed by atoms with Gasteiger partial charge in [-0.2, -0.15) is 0 Å². The molecule has 2 aromatic rings. The minimum absolute atomic E-state index is 0.294. The first-order valence-corrected chi connectivity index (χ1v) is 6.17. The van der Waals surface area contributed by atoms with Crippen molar-refractivity contribution < 1.29 is 9.15 Å². The van der Waals surface area contributed by atoms with Crippen LogP contribution in [0.4, 0.5) is 0 Å². The molecule has 88 valence electrons. The highest BCUT2D eigenvalue weighted by Gasteiger charge is 2.15. The number of benzene rings is 1. The van der Waals surface area contributed by atoms with Gasteiger partial charge in [0.05, 0.1) is 18.6 Å². The summed E-state index contributed by atoms with van der Waals surface area (Å²) in [4.78, 5) is 0. The molecule has 2 heteroatoms. The fraction of sp³-hybridized carbons (Fsp3) is 0.333. The van der Waals surface area contributed by atoms with Crippen LogP contribution in [0.1, 0.15) is 30.9 Å². The van der Waals surface area contributed by atoms with Crippen LogP contribution in [-0.2, 0) is 4.74 Å². The first kappa shape index (κ1) is 10.6. The zero-order valence-corrected chi connectivity index (χ0v) is 9.76. The largest absolute Gasteiger partial charge is 0.472 e. The van der Waals surface area contributed by atoms with Gasteiger partial charge in [-0.05, 0) is 36.5 Å². The van der Waals surface area contributed by atoms with Crippen LogP contribution >= 0.6 is 0 Å². The van der Waals surface area contributed by atoms with E-state index in [0.29, 0.717) is 6.10 Å². The molecule has 2 heterocycles. The van der Waals surface area contributed by atoms with Crippen LogP contribution in [0.25, 0.3) is 11.1 Å². The molecule has 1 aliphatic rings. The van der Waals surface area contributed by atoms with E-state index < -0.39 is 0 Å². The summed E-state index contributed by atoms with van der Waals surface area (Å²) in [7, 11) is 0. The van der Waals surface area contributed by atoms with Crippen molar-refractivity contribution in [1.82, 2.24) is 0 Å². The molecule has 2 nitrogen and oxygen atoms in total. The van der Waals surface area contributed by atoms with Gasteiger partial charge in [0.2, 0.25) is 0 Å². The van der Waals surface area contributed by atoms with E-state index in [0.717, 1.165) is 18.6 Å². The van der Waals surface area contributed by atoms with Gasteiger partial charge >= 0.3 is 0 Å². The Balaban J connectivity index is 1.80. The summed E-state index contributed by atoms with van der Waals surface area (Å²) >= 11 is 0. The van der Waals surface area contributed by atoms with E-state index in [2.05, 4.69) is 24.3 Å². The SMILES string of the molecule is c1cc(-c2ccc(C3CCCCO3)cc2)co1. The monoisotopic (exact) mass is 228 g/mol. The van der Waals surface area contributed by atoms with Crippen LogP contribution in [0.15, 0.2) is 47.3 Å². The summed E-state index contributed by atoms with van der Waals surface area (Å²) in [6.45, 7) is 0.897. The Morgan fingerprint density at radius 1 is 0.941 bits per heavy atom. The third-order valence-electron chi connectivity index (χ3n) is 3.32. The maximum Gasteiger partial charge on any atom is 0.0980 e. The molecule has 0 saturated carbocycles. The van der Waals surface area contributed by atoms with Crippen molar-refractivity contribution >= 4 is 0 Å². The molecule has 0 N–H and O–H groups in total. The van der Waals surface area contributed by atoms with Gasteiger partial charge in [-0.15, -0.1) is 0 Å². The fourth-order valence-corrected chi connectivity index (χ4v) is 2.32. The maximum absolute atomic E-state index is 5.78. The van der Waals surface area contributed by atoms with E-state index in [9.17, 15) is 0 Å². The minimum atomic E-state index is 0.294. The molecular weight excluding hydrogens is 212 g/mol. The van der Waals surface area contributed by atoms with Gasteiger partial charge < -0.3 is 9.15 Å². The first-order chi connectivity index (χ1) is 8.43. The van der Waals surface area contributed by atoms with Crippen LogP contribution in [0.2, 0.25) is 0 Å². The van der Waals surface area contributed by atoms with Gasteiger partial charge in [-0.1, -0.05) is 24.3 Å². The molecule has 0 bridgehead atoms. The van der Waals surface area contributed by atoms with Crippen molar-refractivity contribution in [1.29, 1.82) is 0 Å². The number of rotatable bonds is 2. The van der Waals surface area contributed by atoms with Crippen molar-refractivity contribution in [2.45, 2.75) is 25.4 Å². The fourth-order valence-electron chi connectivity index (χ4n) is 2.32. The Kier molecular flexibility index (Phi) is 2.97. The summed E-state index contributed by atoms with van der Waals surface area (Å²) < 4.78 is 10.9. The van der Waals surface area contributed by atoms with Crippen molar-refractivity contribution in [3.8, 4) is 11.1 Å². The van der Waals surface area contributed by atoms with Crippen LogP contribution < -0.4 is 0 Å². The lowest BCUT2D eigenvalue weighted by Crippen LogP contribution is -2.11. The standard InChI is InChI=1S/C15H16O2/c1-2-9-17-15(3-1)13-6-4-12(5-7-13)14-8-10-16-11-14/h4-8,10-11,15H,1-3,9H2. The van der Waals surface area contributed by atoms with E-state index in [-0.39, 0.29) is 0 Å². The van der Waals surface area contributed by atoms with Crippen LogP contribution in [-0.4, -0.2) is 6.61 Å². The number of furan rings is 1. The molecule has 17 heavy (non-hydrogen) atoms. The Bertz CT molecular complexity index is 450. The maximum atomic E-state index is 5.78. The topological polar surface area (TPSA) is 22.4 Å². The Morgan fingerprint density at radius 3 is 2.47 bits per heavy atom. The van der Waals surface area contributed by atoms with Crippen molar-refractivity contribution in [2.24, 2.45) is 0 Å². The Morgan fingerprint density at radius 2 is 1.82 bits per heavy atom. The molecule has 1 atom stereocenters. The predicted octanol–water partition coefficient (Wildman–Crippen LogP) is 4.19. The number of ether oxygens (including phenoxy) is 1. The van der Waals surface area contributed by atoms with Crippen molar-refractivity contribution in [3.63, 3.8) is 0 Å². The summed E-state index contributed by atoms with van der Waals surface area (Å²) in [5.41, 5.74) is 3.61. The quantitative estimate of drug-likeness (QED) is 0.769. The van der Waals surface area contributed by atoms with E-state index in [1.54, 1.807) is 12.5 Å². The summed E-state index contributed by atoms with van der Waals surface area (Å²) in [5, 5.41) is 0. The second-order valence-corrected chi connectivity index (χ2v) is 4.49. The number of hydrogen-bond acceptors (Lipinski definition) is 2. The van der Waals surface area contributed by atoms with Crippen LogP contribution in [0.5, 0.6) is 0 Å². The van der Waals surface area contributed by atoms with Crippen LogP contribution in [0.3, 0.4) is 0 Å². The van der Waals surface area contributed by atoms with Crippen molar-refractivity contribution in [3.05, 3.63) is 48.4 Å². The Labute approximate surface area is 101 Å². The molecule has 1 fully saturated rings. The highest BCUT2D eigenvalue weighted by atomic mass is 16.5. The van der Waals surface area contributed by atoms with E-state index in [4.69, 9.17) is 9.15 Å². The molecule has 1 unspecified atom stereocenters. The molecule has 0 radical (unpaired) electrons. The zero-order valence-electron chi connectivity index (χ0n) is 9.76. The molecule has 0 amide bonds. The molecule has 1 aliphatic heterocycles. The lowest BCUT2D eigenvalue weighted by Gasteiger charge is -2.22. The lowest BCUT2D eigenvalue weighted by atomic mass is 9.99. The van der Waals surface area contributed by atoms with Gasteiger partial charge in [0.1, 0.15) is 0 Å². The highest BCUT2D eigenvalue weighted by molar-refractivity contribution is 5.62. The molecule has 3 rings (SSSR count). The second-order valence-electron chi connectivity index (χ2n) is 4.49. The normalized spacial score (nSPS) is 20.4. The molecular formula is C15H16O2. The predicted molar refractivity (Wildman–Crippen MR) is 66.7 cm³/mol. The van der Waals surface area contributed by atoms with Gasteiger partial charge in [0.15, 0.2) is 0 Å². The molecule has 1 aromatic carbocycles.